The number of benzene rings is 1. The lowest BCUT2D eigenvalue weighted by Gasteiger charge is -2.25. The first kappa shape index (κ1) is 25.7. The minimum Gasteiger partial charge on any atom is -0.373 e. The summed E-state index contributed by atoms with van der Waals surface area (Å²) in [5.41, 5.74) is 9.82. The highest BCUT2D eigenvalue weighted by Crippen LogP contribution is 2.38. The second kappa shape index (κ2) is 11.2. The molecule has 1 unspecified atom stereocenters. The predicted molar refractivity (Wildman–Crippen MR) is 150 cm³/mol. The van der Waals surface area contributed by atoms with Gasteiger partial charge in [-0.05, 0) is 69.1 Å². The van der Waals surface area contributed by atoms with Crippen LogP contribution in [0.4, 0.5) is 27.5 Å². The number of carbonyl (C=O) groups is 1. The molecule has 8 nitrogen and oxygen atoms in total. The Morgan fingerprint density at radius 3 is 2.84 bits per heavy atom. The van der Waals surface area contributed by atoms with E-state index in [0.29, 0.717) is 11.3 Å². The number of nitrogens with two attached hydrogens (primary N) is 1. The number of fused-ring (bicyclic) bond motifs is 1. The van der Waals surface area contributed by atoms with Crippen molar-refractivity contribution in [2.75, 3.05) is 48.3 Å². The van der Waals surface area contributed by atoms with Crippen LogP contribution in [0.3, 0.4) is 0 Å². The molecule has 3 N–H and O–H groups in total. The number of nitrogens with one attached hydrogen (secondary N) is 1. The molecule has 5 rings (SSSR count). The van der Waals surface area contributed by atoms with Crippen molar-refractivity contribution >= 4 is 29.0 Å². The molecule has 0 radical (unpaired) electrons. The topological polar surface area (TPSA) is 90.6 Å². The van der Waals surface area contributed by atoms with Crippen LogP contribution in [0.5, 0.6) is 0 Å². The van der Waals surface area contributed by atoms with Gasteiger partial charge in [0.1, 0.15) is 0 Å². The molecule has 0 saturated carbocycles. The second-order valence-electron chi connectivity index (χ2n) is 9.94. The first-order valence-electron chi connectivity index (χ1n) is 13.1. The van der Waals surface area contributed by atoms with E-state index in [0.717, 1.165) is 37.0 Å². The van der Waals surface area contributed by atoms with Crippen molar-refractivity contribution in [1.82, 2.24) is 14.9 Å². The molecule has 38 heavy (non-hydrogen) atoms. The molecule has 0 spiro atoms. The molecule has 2 aliphatic heterocycles. The molecule has 1 fully saturated rings. The van der Waals surface area contributed by atoms with Gasteiger partial charge in [-0.1, -0.05) is 24.3 Å². The van der Waals surface area contributed by atoms with Crippen molar-refractivity contribution < 1.29 is 9.18 Å². The van der Waals surface area contributed by atoms with Gasteiger partial charge in [0.05, 0.1) is 6.20 Å². The third-order valence-corrected chi connectivity index (χ3v) is 7.26. The standard InChI is InChI=1S/C29H34FN7O/c1-20-17-21(11-12-25(20)35(2)15-16-36-13-7-8-14-36)33-29-32-18-24(30)28(34-29)37-19-23(27(31)38)22-9-5-3-4-6-10-26(22)37/h4-6,9-12,17-19,22H,3,7-8,13-16H2,1-2H3,(H2,31,38)(H,32,33,34)/b6-4-,9-5?,26-10?. The van der Waals surface area contributed by atoms with Crippen molar-refractivity contribution in [3.05, 3.63) is 83.6 Å². The Bertz CT molecular complexity index is 1330. The summed E-state index contributed by atoms with van der Waals surface area (Å²) >= 11 is 0. The van der Waals surface area contributed by atoms with Gasteiger partial charge in [-0.2, -0.15) is 4.98 Å². The number of rotatable bonds is 8. The summed E-state index contributed by atoms with van der Waals surface area (Å²) in [6.07, 6.45) is 15.6. The Hall–Kier alpha value is -3.98. The molecule has 1 aromatic heterocycles. The molecule has 3 aliphatic rings. The number of allylic oxidation sites excluding steroid dienone is 5. The summed E-state index contributed by atoms with van der Waals surface area (Å²) in [7, 11) is 2.12. The first-order chi connectivity index (χ1) is 18.4. The van der Waals surface area contributed by atoms with E-state index in [1.165, 1.54) is 31.6 Å². The highest BCUT2D eigenvalue weighted by molar-refractivity contribution is 5.96. The molecule has 1 amide bonds. The SMILES string of the molecule is Cc1cc(Nc2ncc(F)c(N3C=C(C(N)=O)C4C=CC/C=C\C=C43)n2)ccc1N(C)CCN1CCCC1. The Morgan fingerprint density at radius 1 is 1.26 bits per heavy atom. The van der Waals surface area contributed by atoms with E-state index < -0.39 is 11.7 Å². The van der Waals surface area contributed by atoms with Crippen molar-refractivity contribution in [3.8, 4) is 0 Å². The van der Waals surface area contributed by atoms with Crippen LogP contribution in [0.2, 0.25) is 0 Å². The minimum absolute atomic E-state index is 0.0485. The fraction of sp³-hybridized carbons (Fsp3) is 0.345. The quantitative estimate of drug-likeness (QED) is 0.504. The summed E-state index contributed by atoms with van der Waals surface area (Å²) in [5, 5.41) is 3.21. The van der Waals surface area contributed by atoms with E-state index in [4.69, 9.17) is 5.73 Å². The Morgan fingerprint density at radius 2 is 2.08 bits per heavy atom. The van der Waals surface area contributed by atoms with Gasteiger partial charge >= 0.3 is 0 Å². The highest BCUT2D eigenvalue weighted by atomic mass is 19.1. The van der Waals surface area contributed by atoms with Gasteiger partial charge in [0.15, 0.2) is 11.6 Å². The maximum absolute atomic E-state index is 15.0. The maximum Gasteiger partial charge on any atom is 0.247 e. The van der Waals surface area contributed by atoms with E-state index in [-0.39, 0.29) is 17.7 Å². The molecule has 1 aromatic carbocycles. The van der Waals surface area contributed by atoms with Crippen molar-refractivity contribution in [2.24, 2.45) is 11.7 Å². The lowest BCUT2D eigenvalue weighted by molar-refractivity contribution is -0.114. The molecule has 198 valence electrons. The summed E-state index contributed by atoms with van der Waals surface area (Å²) in [6, 6.07) is 6.10. The zero-order valence-corrected chi connectivity index (χ0v) is 21.9. The van der Waals surface area contributed by atoms with Crippen LogP contribution in [0, 0.1) is 18.7 Å². The van der Waals surface area contributed by atoms with Gasteiger partial charge in [-0.15, -0.1) is 0 Å². The third-order valence-electron chi connectivity index (χ3n) is 7.26. The summed E-state index contributed by atoms with van der Waals surface area (Å²) in [4.78, 5) is 27.1. The summed E-state index contributed by atoms with van der Waals surface area (Å²) in [5.74, 6) is -1.20. The molecule has 2 aromatic rings. The van der Waals surface area contributed by atoms with E-state index in [1.807, 2.05) is 42.5 Å². The molecule has 0 bridgehead atoms. The van der Waals surface area contributed by atoms with Crippen LogP contribution in [0.1, 0.15) is 24.8 Å². The van der Waals surface area contributed by atoms with Gasteiger partial charge in [0.25, 0.3) is 0 Å². The van der Waals surface area contributed by atoms with Crippen LogP contribution in [0.15, 0.2) is 72.2 Å². The average molecular weight is 516 g/mol. The Labute approximate surface area is 223 Å². The lowest BCUT2D eigenvalue weighted by Crippen LogP contribution is -2.31. The Balaban J connectivity index is 1.35. The molecule has 1 saturated heterocycles. The molecule has 1 atom stereocenters. The number of likely N-dealkylation sites (tertiary alicyclic amines) is 1. The lowest BCUT2D eigenvalue weighted by atomic mass is 9.96. The number of aryl methyl sites for hydroxylation is 1. The predicted octanol–water partition coefficient (Wildman–Crippen LogP) is 4.41. The van der Waals surface area contributed by atoms with Gasteiger partial charge < -0.3 is 25.8 Å². The Kier molecular flexibility index (Phi) is 7.55. The van der Waals surface area contributed by atoms with E-state index in [2.05, 4.69) is 45.1 Å². The number of carbonyl (C=O) groups excluding carboxylic acids is 1. The molecule has 9 heteroatoms. The maximum atomic E-state index is 15.0. The van der Waals surface area contributed by atoms with E-state index in [1.54, 1.807) is 11.1 Å². The van der Waals surface area contributed by atoms with E-state index in [9.17, 15) is 4.79 Å². The fourth-order valence-electron chi connectivity index (χ4n) is 5.22. The number of anilines is 4. The minimum atomic E-state index is -0.599. The number of likely N-dealkylation sites (N-methyl/N-ethyl adjacent to an activating group) is 1. The molecule has 1 aliphatic carbocycles. The third kappa shape index (κ3) is 5.47. The molecular weight excluding hydrogens is 481 g/mol. The van der Waals surface area contributed by atoms with Gasteiger partial charge in [-0.3, -0.25) is 4.79 Å². The fourth-order valence-corrected chi connectivity index (χ4v) is 5.22. The molecule has 3 heterocycles. The van der Waals surface area contributed by atoms with Crippen molar-refractivity contribution in [3.63, 3.8) is 0 Å². The number of halogens is 1. The zero-order valence-electron chi connectivity index (χ0n) is 21.9. The number of hydrogen-bond donors (Lipinski definition) is 2. The average Bonchev–Trinajstić information content (AvgIpc) is 3.52. The molecular formula is C29H34FN7O. The number of aromatic nitrogens is 2. The van der Waals surface area contributed by atoms with Crippen LogP contribution in [-0.4, -0.2) is 54.0 Å². The van der Waals surface area contributed by atoms with Gasteiger partial charge in [0.2, 0.25) is 11.9 Å². The van der Waals surface area contributed by atoms with Crippen molar-refractivity contribution in [1.29, 1.82) is 0 Å². The summed E-state index contributed by atoms with van der Waals surface area (Å²) < 4.78 is 15.0. The van der Waals surface area contributed by atoms with Crippen molar-refractivity contribution in [2.45, 2.75) is 26.2 Å². The van der Waals surface area contributed by atoms with Crippen LogP contribution >= 0.6 is 0 Å². The van der Waals surface area contributed by atoms with E-state index >= 15 is 4.39 Å². The number of hydrogen-bond acceptors (Lipinski definition) is 7. The van der Waals surface area contributed by atoms with Crippen LogP contribution in [-0.2, 0) is 4.79 Å². The number of primary amides is 1. The summed E-state index contributed by atoms with van der Waals surface area (Å²) in [6.45, 7) is 6.49. The van der Waals surface area contributed by atoms with Crippen LogP contribution in [0.25, 0.3) is 0 Å². The number of amides is 1. The van der Waals surface area contributed by atoms with Gasteiger partial charge in [0, 0.05) is 54.9 Å². The largest absolute Gasteiger partial charge is 0.373 e. The smallest absolute Gasteiger partial charge is 0.247 e. The van der Waals surface area contributed by atoms with Crippen LogP contribution < -0.4 is 20.9 Å². The normalized spacial score (nSPS) is 19.9. The zero-order chi connectivity index (χ0) is 26.6. The number of nitrogens with zero attached hydrogens (tertiary/aromatic N) is 5. The van der Waals surface area contributed by atoms with Gasteiger partial charge in [-0.25, -0.2) is 9.37 Å². The monoisotopic (exact) mass is 515 g/mol. The first-order valence-corrected chi connectivity index (χ1v) is 13.1. The highest BCUT2D eigenvalue weighted by Gasteiger charge is 2.34. The second-order valence-corrected chi connectivity index (χ2v) is 9.94.